The molecule has 0 aromatic heterocycles. The highest BCUT2D eigenvalue weighted by Crippen LogP contribution is 2.25. The predicted molar refractivity (Wildman–Crippen MR) is 89.5 cm³/mol. The third kappa shape index (κ3) is 6.19. The monoisotopic (exact) mass is 289 g/mol. The zero-order chi connectivity index (χ0) is 15.1. The van der Waals surface area contributed by atoms with Crippen molar-refractivity contribution in [2.24, 2.45) is 5.92 Å². The summed E-state index contributed by atoms with van der Waals surface area (Å²) in [5.41, 5.74) is 2.96. The molecule has 21 heavy (non-hydrogen) atoms. The molecule has 118 valence electrons. The summed E-state index contributed by atoms with van der Waals surface area (Å²) in [6, 6.07) is 8.70. The maximum atomic E-state index is 5.97. The van der Waals surface area contributed by atoms with Gasteiger partial charge >= 0.3 is 0 Å². The maximum absolute atomic E-state index is 5.97. The van der Waals surface area contributed by atoms with Crippen LogP contribution < -0.4 is 5.32 Å². The molecule has 1 aliphatic carbocycles. The Morgan fingerprint density at radius 1 is 1.10 bits per heavy atom. The van der Waals surface area contributed by atoms with Crippen molar-refractivity contribution in [3.05, 3.63) is 35.4 Å². The third-order valence-corrected chi connectivity index (χ3v) is 4.25. The number of benzene rings is 1. The minimum Gasteiger partial charge on any atom is -0.376 e. The Labute approximate surface area is 130 Å². The van der Waals surface area contributed by atoms with Gasteiger partial charge in [0, 0.05) is 12.1 Å². The average molecular weight is 289 g/mol. The van der Waals surface area contributed by atoms with Crippen molar-refractivity contribution in [1.29, 1.82) is 0 Å². The van der Waals surface area contributed by atoms with Crippen molar-refractivity contribution in [2.75, 3.05) is 13.2 Å². The Balaban J connectivity index is 1.78. The van der Waals surface area contributed by atoms with Crippen LogP contribution in [0.25, 0.3) is 0 Å². The lowest BCUT2D eigenvalue weighted by molar-refractivity contribution is 0.0884. The summed E-state index contributed by atoms with van der Waals surface area (Å²) in [5.74, 6) is 0.805. The Morgan fingerprint density at radius 3 is 2.43 bits per heavy atom. The van der Waals surface area contributed by atoms with Crippen LogP contribution in [0.2, 0.25) is 0 Å². The van der Waals surface area contributed by atoms with Gasteiger partial charge in [-0.2, -0.15) is 0 Å². The second-order valence-corrected chi connectivity index (χ2v) is 7.36. The molecule has 0 bridgehead atoms. The fourth-order valence-electron chi connectivity index (χ4n) is 3.03. The molecule has 0 radical (unpaired) electrons. The van der Waals surface area contributed by atoms with E-state index >= 15 is 0 Å². The van der Waals surface area contributed by atoms with E-state index in [1.54, 1.807) is 0 Å². The molecular formula is C19H31NO. The van der Waals surface area contributed by atoms with Gasteiger partial charge in [-0.05, 0) is 63.6 Å². The molecule has 2 heteroatoms. The molecule has 2 nitrogen and oxygen atoms in total. The van der Waals surface area contributed by atoms with Crippen molar-refractivity contribution in [2.45, 2.75) is 65.0 Å². The molecule has 1 fully saturated rings. The molecular weight excluding hydrogens is 258 g/mol. The lowest BCUT2D eigenvalue weighted by Gasteiger charge is -2.21. The predicted octanol–water partition coefficient (Wildman–Crippen LogP) is 4.32. The zero-order valence-electron chi connectivity index (χ0n) is 14.0. The van der Waals surface area contributed by atoms with Crippen LogP contribution in [0.3, 0.4) is 0 Å². The van der Waals surface area contributed by atoms with E-state index in [1.807, 2.05) is 0 Å². The third-order valence-electron chi connectivity index (χ3n) is 4.25. The Kier molecular flexibility index (Phi) is 6.25. The molecule has 0 saturated heterocycles. The van der Waals surface area contributed by atoms with Crippen LogP contribution in [0, 0.1) is 5.92 Å². The first-order chi connectivity index (χ1) is 10.0. The SMILES string of the molecule is CC(C)(C)NCCc1ccccc1COCC1CCCC1. The summed E-state index contributed by atoms with van der Waals surface area (Å²) in [7, 11) is 0. The first kappa shape index (κ1) is 16.5. The first-order valence-electron chi connectivity index (χ1n) is 8.44. The molecule has 2 rings (SSSR count). The van der Waals surface area contributed by atoms with Gasteiger partial charge in [0.25, 0.3) is 0 Å². The minimum atomic E-state index is 0.188. The van der Waals surface area contributed by atoms with Crippen molar-refractivity contribution in [3.8, 4) is 0 Å². The number of nitrogens with one attached hydrogen (secondary N) is 1. The summed E-state index contributed by atoms with van der Waals surface area (Å²) < 4.78 is 5.97. The normalized spacial score (nSPS) is 16.5. The average Bonchev–Trinajstić information content (AvgIpc) is 2.92. The van der Waals surface area contributed by atoms with Crippen LogP contribution in [-0.2, 0) is 17.8 Å². The van der Waals surface area contributed by atoms with Crippen LogP contribution in [0.5, 0.6) is 0 Å². The molecule has 1 aromatic rings. The van der Waals surface area contributed by atoms with E-state index in [1.165, 1.54) is 36.8 Å². The second-order valence-electron chi connectivity index (χ2n) is 7.36. The lowest BCUT2D eigenvalue weighted by Crippen LogP contribution is -2.37. The van der Waals surface area contributed by atoms with Gasteiger partial charge < -0.3 is 10.1 Å². The maximum Gasteiger partial charge on any atom is 0.0719 e. The van der Waals surface area contributed by atoms with Crippen molar-refractivity contribution in [1.82, 2.24) is 5.32 Å². The lowest BCUT2D eigenvalue weighted by atomic mass is 10.0. The molecule has 0 atom stereocenters. The zero-order valence-corrected chi connectivity index (χ0v) is 14.0. The number of rotatable bonds is 7. The summed E-state index contributed by atoms with van der Waals surface area (Å²) in [6.07, 6.45) is 6.57. The molecule has 0 heterocycles. The highest BCUT2D eigenvalue weighted by molar-refractivity contribution is 5.26. The van der Waals surface area contributed by atoms with Crippen molar-refractivity contribution < 1.29 is 4.74 Å². The highest BCUT2D eigenvalue weighted by atomic mass is 16.5. The smallest absolute Gasteiger partial charge is 0.0719 e. The van der Waals surface area contributed by atoms with Gasteiger partial charge in [0.15, 0.2) is 0 Å². The molecule has 0 spiro atoms. The number of hydrogen-bond donors (Lipinski definition) is 1. The van der Waals surface area contributed by atoms with Gasteiger partial charge in [-0.1, -0.05) is 37.1 Å². The summed E-state index contributed by atoms with van der Waals surface area (Å²) in [6.45, 7) is 9.36. The molecule has 0 aliphatic heterocycles. The van der Waals surface area contributed by atoms with Crippen LogP contribution in [0.15, 0.2) is 24.3 Å². The van der Waals surface area contributed by atoms with E-state index in [0.717, 1.165) is 32.1 Å². The number of hydrogen-bond acceptors (Lipinski definition) is 2. The van der Waals surface area contributed by atoms with Gasteiger partial charge in [-0.3, -0.25) is 0 Å². The standard InChI is InChI=1S/C19H31NO/c1-19(2,3)20-13-12-17-10-6-7-11-18(17)15-21-14-16-8-4-5-9-16/h6-7,10-11,16,20H,4-5,8-9,12-15H2,1-3H3. The largest absolute Gasteiger partial charge is 0.376 e. The fourth-order valence-corrected chi connectivity index (χ4v) is 3.03. The molecule has 1 N–H and O–H groups in total. The van der Waals surface area contributed by atoms with Crippen LogP contribution in [-0.4, -0.2) is 18.7 Å². The summed E-state index contributed by atoms with van der Waals surface area (Å²) in [4.78, 5) is 0. The van der Waals surface area contributed by atoms with Gasteiger partial charge in [-0.25, -0.2) is 0 Å². The number of ether oxygens (including phenoxy) is 1. The molecule has 1 aromatic carbocycles. The fraction of sp³-hybridized carbons (Fsp3) is 0.684. The molecule has 0 amide bonds. The topological polar surface area (TPSA) is 21.3 Å². The van der Waals surface area contributed by atoms with Gasteiger partial charge in [-0.15, -0.1) is 0 Å². The van der Waals surface area contributed by atoms with E-state index in [4.69, 9.17) is 4.74 Å². The van der Waals surface area contributed by atoms with Crippen molar-refractivity contribution in [3.63, 3.8) is 0 Å². The van der Waals surface area contributed by atoms with E-state index in [0.29, 0.717) is 0 Å². The summed E-state index contributed by atoms with van der Waals surface area (Å²) in [5, 5.41) is 3.56. The van der Waals surface area contributed by atoms with E-state index in [-0.39, 0.29) is 5.54 Å². The van der Waals surface area contributed by atoms with Crippen LogP contribution in [0.4, 0.5) is 0 Å². The van der Waals surface area contributed by atoms with Gasteiger partial charge in [0.05, 0.1) is 6.61 Å². The van der Waals surface area contributed by atoms with Crippen LogP contribution in [0.1, 0.15) is 57.6 Å². The molecule has 1 saturated carbocycles. The van der Waals surface area contributed by atoms with Crippen LogP contribution >= 0.6 is 0 Å². The first-order valence-corrected chi connectivity index (χ1v) is 8.44. The highest BCUT2D eigenvalue weighted by Gasteiger charge is 2.15. The van der Waals surface area contributed by atoms with E-state index in [9.17, 15) is 0 Å². The minimum absolute atomic E-state index is 0.188. The molecule has 0 unspecified atom stereocenters. The quantitative estimate of drug-likeness (QED) is 0.807. The second kappa shape index (κ2) is 7.95. The summed E-state index contributed by atoms with van der Waals surface area (Å²) >= 11 is 0. The Morgan fingerprint density at radius 2 is 1.76 bits per heavy atom. The Hall–Kier alpha value is -0.860. The Bertz CT molecular complexity index is 416. The molecule has 1 aliphatic rings. The van der Waals surface area contributed by atoms with Gasteiger partial charge in [0.2, 0.25) is 0 Å². The van der Waals surface area contributed by atoms with E-state index in [2.05, 4.69) is 50.4 Å². The van der Waals surface area contributed by atoms with Gasteiger partial charge in [0.1, 0.15) is 0 Å². The van der Waals surface area contributed by atoms with Crippen molar-refractivity contribution >= 4 is 0 Å². The van der Waals surface area contributed by atoms with E-state index < -0.39 is 0 Å².